The fourth-order valence-corrected chi connectivity index (χ4v) is 1.77. The van der Waals surface area contributed by atoms with E-state index in [1.807, 2.05) is 24.3 Å². The minimum Gasteiger partial charge on any atom is -0.496 e. The normalized spacial score (nSPS) is 10.2. The molecular weight excluding hydrogens is 240 g/mol. The van der Waals surface area contributed by atoms with Crippen LogP contribution in [0.25, 0.3) is 0 Å². The second-order valence-electron chi connectivity index (χ2n) is 4.44. The number of carbonyl (C=O) groups excluding carboxylic acids is 1. The molecule has 1 rings (SSSR count). The molecule has 4 heteroatoms. The summed E-state index contributed by atoms with van der Waals surface area (Å²) in [6.07, 6.45) is 2.66. The molecule has 0 spiro atoms. The zero-order valence-electron chi connectivity index (χ0n) is 11.9. The highest BCUT2D eigenvalue weighted by molar-refractivity contribution is 5.75. The van der Waals surface area contributed by atoms with Crippen molar-refractivity contribution in [1.82, 2.24) is 10.6 Å². The van der Waals surface area contributed by atoms with Crippen molar-refractivity contribution in [3.05, 3.63) is 29.8 Å². The molecule has 0 fully saturated rings. The summed E-state index contributed by atoms with van der Waals surface area (Å²) < 4.78 is 5.27. The van der Waals surface area contributed by atoms with Crippen molar-refractivity contribution in [2.24, 2.45) is 0 Å². The van der Waals surface area contributed by atoms with E-state index in [0.29, 0.717) is 19.5 Å². The van der Waals surface area contributed by atoms with Gasteiger partial charge in [-0.05, 0) is 12.5 Å². The lowest BCUT2D eigenvalue weighted by molar-refractivity contribution is -0.121. The number of ether oxygens (including phenoxy) is 1. The molecule has 0 radical (unpaired) electrons. The maximum absolute atomic E-state index is 11.5. The van der Waals surface area contributed by atoms with Gasteiger partial charge in [0.25, 0.3) is 0 Å². The molecule has 0 saturated heterocycles. The predicted molar refractivity (Wildman–Crippen MR) is 77.2 cm³/mol. The Balaban J connectivity index is 2.18. The summed E-state index contributed by atoms with van der Waals surface area (Å²) in [5, 5.41) is 6.16. The highest BCUT2D eigenvalue weighted by Gasteiger charge is 2.02. The third-order valence-electron chi connectivity index (χ3n) is 2.89. The molecule has 0 aliphatic carbocycles. The maximum atomic E-state index is 11.5. The molecule has 0 aromatic heterocycles. The number of benzene rings is 1. The quantitative estimate of drug-likeness (QED) is 0.672. The van der Waals surface area contributed by atoms with Crippen molar-refractivity contribution in [3.63, 3.8) is 0 Å². The van der Waals surface area contributed by atoms with Crippen LogP contribution in [0.4, 0.5) is 0 Å². The van der Waals surface area contributed by atoms with Gasteiger partial charge in [0.05, 0.1) is 7.11 Å². The molecule has 0 heterocycles. The van der Waals surface area contributed by atoms with Crippen molar-refractivity contribution in [1.29, 1.82) is 0 Å². The lowest BCUT2D eigenvalue weighted by Crippen LogP contribution is -2.28. The summed E-state index contributed by atoms with van der Waals surface area (Å²) in [6.45, 7) is 4.28. The van der Waals surface area contributed by atoms with E-state index < -0.39 is 0 Å². The first-order valence-corrected chi connectivity index (χ1v) is 6.87. The van der Waals surface area contributed by atoms with Crippen molar-refractivity contribution >= 4 is 5.91 Å². The number of para-hydroxylation sites is 1. The van der Waals surface area contributed by atoms with Gasteiger partial charge in [-0.3, -0.25) is 4.79 Å². The summed E-state index contributed by atoms with van der Waals surface area (Å²) in [5.41, 5.74) is 1.11. The van der Waals surface area contributed by atoms with Crippen LogP contribution in [0.5, 0.6) is 5.75 Å². The Morgan fingerprint density at radius 2 is 2.05 bits per heavy atom. The molecule has 0 atom stereocenters. The van der Waals surface area contributed by atoms with E-state index in [-0.39, 0.29) is 5.91 Å². The van der Waals surface area contributed by atoms with Gasteiger partial charge >= 0.3 is 0 Å². The van der Waals surface area contributed by atoms with Gasteiger partial charge in [-0.15, -0.1) is 0 Å². The zero-order valence-corrected chi connectivity index (χ0v) is 11.9. The van der Waals surface area contributed by atoms with E-state index in [0.717, 1.165) is 30.7 Å². The van der Waals surface area contributed by atoms with E-state index in [1.165, 1.54) is 0 Å². The standard InChI is InChI=1S/C15H24N2O2/c1-3-4-10-17-15(18)9-11-16-12-13-7-5-6-8-14(13)19-2/h5-8,16H,3-4,9-12H2,1-2H3,(H,17,18). The summed E-state index contributed by atoms with van der Waals surface area (Å²) in [5.74, 6) is 0.989. The Morgan fingerprint density at radius 3 is 2.79 bits per heavy atom. The van der Waals surface area contributed by atoms with Gasteiger partial charge in [0.2, 0.25) is 5.91 Å². The number of methoxy groups -OCH3 is 1. The third-order valence-corrected chi connectivity index (χ3v) is 2.89. The molecule has 0 saturated carbocycles. The molecule has 4 nitrogen and oxygen atoms in total. The van der Waals surface area contributed by atoms with Crippen LogP contribution in [0.15, 0.2) is 24.3 Å². The van der Waals surface area contributed by atoms with Gasteiger partial charge in [-0.2, -0.15) is 0 Å². The number of amides is 1. The van der Waals surface area contributed by atoms with Gasteiger partial charge in [0.15, 0.2) is 0 Å². The van der Waals surface area contributed by atoms with Crippen molar-refractivity contribution in [2.45, 2.75) is 32.7 Å². The largest absolute Gasteiger partial charge is 0.496 e. The summed E-state index contributed by atoms with van der Waals surface area (Å²) in [7, 11) is 1.67. The van der Waals surface area contributed by atoms with Crippen LogP contribution in [0.1, 0.15) is 31.7 Å². The maximum Gasteiger partial charge on any atom is 0.221 e. The number of hydrogen-bond donors (Lipinski definition) is 2. The van der Waals surface area contributed by atoms with Crippen molar-refractivity contribution < 1.29 is 9.53 Å². The Morgan fingerprint density at radius 1 is 1.26 bits per heavy atom. The van der Waals surface area contributed by atoms with Crippen LogP contribution < -0.4 is 15.4 Å². The number of nitrogens with one attached hydrogen (secondary N) is 2. The van der Waals surface area contributed by atoms with Crippen LogP contribution in [0.3, 0.4) is 0 Å². The minimum absolute atomic E-state index is 0.112. The van der Waals surface area contributed by atoms with Gasteiger partial charge in [-0.1, -0.05) is 31.5 Å². The SMILES string of the molecule is CCCCNC(=O)CCNCc1ccccc1OC. The Hall–Kier alpha value is -1.55. The topological polar surface area (TPSA) is 50.4 Å². The van der Waals surface area contributed by atoms with E-state index in [4.69, 9.17) is 4.74 Å². The highest BCUT2D eigenvalue weighted by Crippen LogP contribution is 2.16. The molecular formula is C15H24N2O2. The second kappa shape index (κ2) is 9.39. The first kappa shape index (κ1) is 15.5. The molecule has 1 amide bonds. The molecule has 0 bridgehead atoms. The summed E-state index contributed by atoms with van der Waals surface area (Å²) in [6, 6.07) is 7.89. The van der Waals surface area contributed by atoms with Crippen LogP contribution >= 0.6 is 0 Å². The Kier molecular flexibility index (Phi) is 7.66. The summed E-state index contributed by atoms with van der Waals surface area (Å²) in [4.78, 5) is 11.5. The first-order valence-electron chi connectivity index (χ1n) is 6.87. The third kappa shape index (κ3) is 6.25. The Labute approximate surface area is 115 Å². The molecule has 0 aliphatic rings. The molecule has 19 heavy (non-hydrogen) atoms. The van der Waals surface area contributed by atoms with Crippen LogP contribution in [0.2, 0.25) is 0 Å². The average molecular weight is 264 g/mol. The molecule has 2 N–H and O–H groups in total. The number of carbonyl (C=O) groups is 1. The molecule has 1 aromatic rings. The van der Waals surface area contributed by atoms with Crippen molar-refractivity contribution in [2.75, 3.05) is 20.2 Å². The number of hydrogen-bond acceptors (Lipinski definition) is 3. The molecule has 106 valence electrons. The van der Waals surface area contributed by atoms with Gasteiger partial charge in [0.1, 0.15) is 5.75 Å². The summed E-state index contributed by atoms with van der Waals surface area (Å²) >= 11 is 0. The van der Waals surface area contributed by atoms with Crippen LogP contribution in [0, 0.1) is 0 Å². The fourth-order valence-electron chi connectivity index (χ4n) is 1.77. The van der Waals surface area contributed by atoms with Gasteiger partial charge in [0, 0.05) is 31.6 Å². The molecule has 0 aliphatic heterocycles. The van der Waals surface area contributed by atoms with E-state index >= 15 is 0 Å². The first-order chi connectivity index (χ1) is 9.27. The lowest BCUT2D eigenvalue weighted by atomic mass is 10.2. The lowest BCUT2D eigenvalue weighted by Gasteiger charge is -2.09. The predicted octanol–water partition coefficient (Wildman–Crippen LogP) is 2.09. The van der Waals surface area contributed by atoms with E-state index in [1.54, 1.807) is 7.11 Å². The molecule has 0 unspecified atom stereocenters. The number of unbranched alkanes of at least 4 members (excludes halogenated alkanes) is 1. The second-order valence-corrected chi connectivity index (χ2v) is 4.44. The van der Waals surface area contributed by atoms with Gasteiger partial charge < -0.3 is 15.4 Å². The average Bonchev–Trinajstić information content (AvgIpc) is 2.44. The van der Waals surface area contributed by atoms with Gasteiger partial charge in [-0.25, -0.2) is 0 Å². The zero-order chi connectivity index (χ0) is 13.9. The monoisotopic (exact) mass is 264 g/mol. The smallest absolute Gasteiger partial charge is 0.221 e. The van der Waals surface area contributed by atoms with Crippen LogP contribution in [-0.2, 0) is 11.3 Å². The van der Waals surface area contributed by atoms with Crippen molar-refractivity contribution in [3.8, 4) is 5.75 Å². The molecule has 1 aromatic carbocycles. The Bertz CT molecular complexity index is 380. The fraction of sp³-hybridized carbons (Fsp3) is 0.533. The minimum atomic E-state index is 0.112. The number of rotatable bonds is 9. The highest BCUT2D eigenvalue weighted by atomic mass is 16.5. The van der Waals surface area contributed by atoms with E-state index in [9.17, 15) is 4.79 Å². The van der Waals surface area contributed by atoms with E-state index in [2.05, 4.69) is 17.6 Å². The van der Waals surface area contributed by atoms with Crippen LogP contribution in [-0.4, -0.2) is 26.1 Å².